The van der Waals surface area contributed by atoms with Crippen LogP contribution in [0.1, 0.15) is 42.7 Å². The number of nitrogens with zero attached hydrogens (tertiary/aromatic N) is 1. The summed E-state index contributed by atoms with van der Waals surface area (Å²) >= 11 is 0. The van der Waals surface area contributed by atoms with Crippen molar-refractivity contribution in [3.63, 3.8) is 0 Å². The zero-order valence-corrected chi connectivity index (χ0v) is 14.3. The van der Waals surface area contributed by atoms with Crippen LogP contribution in [0.2, 0.25) is 0 Å². The van der Waals surface area contributed by atoms with Crippen LogP contribution in [0, 0.1) is 5.92 Å². The third-order valence-corrected chi connectivity index (χ3v) is 3.41. The molecule has 7 nitrogen and oxygen atoms in total. The van der Waals surface area contributed by atoms with Gasteiger partial charge in [0, 0.05) is 23.9 Å². The number of anilines is 1. The molecule has 0 aliphatic heterocycles. The number of methoxy groups -OCH3 is 2. The molecule has 0 aliphatic rings. The molecule has 2 aromatic rings. The molecule has 24 heavy (non-hydrogen) atoms. The van der Waals surface area contributed by atoms with Gasteiger partial charge in [-0.1, -0.05) is 13.8 Å². The lowest BCUT2D eigenvalue weighted by molar-refractivity contribution is 0.102. The summed E-state index contributed by atoms with van der Waals surface area (Å²) in [7, 11) is 3.08. The molecule has 1 unspecified atom stereocenters. The van der Waals surface area contributed by atoms with E-state index in [1.54, 1.807) is 32.4 Å². The van der Waals surface area contributed by atoms with E-state index in [-0.39, 0.29) is 11.7 Å². The molecule has 1 amide bonds. The van der Waals surface area contributed by atoms with Crippen LogP contribution >= 0.6 is 0 Å². The monoisotopic (exact) mass is 333 g/mol. The van der Waals surface area contributed by atoms with Gasteiger partial charge in [-0.2, -0.15) is 0 Å². The maximum atomic E-state index is 12.3. The number of ether oxygens (including phenoxy) is 2. The van der Waals surface area contributed by atoms with E-state index in [9.17, 15) is 4.79 Å². The Balaban J connectivity index is 2.11. The van der Waals surface area contributed by atoms with Crippen molar-refractivity contribution >= 4 is 11.6 Å². The predicted octanol–water partition coefficient (Wildman–Crippen LogP) is 2.99. The number of hydrogen-bond acceptors (Lipinski definition) is 6. The van der Waals surface area contributed by atoms with Gasteiger partial charge in [-0.25, -0.2) is 4.98 Å². The molecule has 1 atom stereocenters. The molecular weight excluding hydrogens is 310 g/mol. The summed E-state index contributed by atoms with van der Waals surface area (Å²) in [5, 5.41) is 2.74. The standard InChI is InChI=1S/C17H23N3O4/c1-10(2)5-14(18)17-20-15(9-24-17)16(21)19-11-6-12(22-3)8-13(7-11)23-4/h6-10,14H,5,18H2,1-4H3,(H,19,21). The van der Waals surface area contributed by atoms with Gasteiger partial charge in [0.15, 0.2) is 5.69 Å². The summed E-state index contributed by atoms with van der Waals surface area (Å²) in [6, 6.07) is 4.76. The number of carbonyl (C=O) groups excluding carboxylic acids is 1. The highest BCUT2D eigenvalue weighted by atomic mass is 16.5. The van der Waals surface area contributed by atoms with Crippen molar-refractivity contribution in [2.24, 2.45) is 11.7 Å². The van der Waals surface area contributed by atoms with Gasteiger partial charge in [0.2, 0.25) is 5.89 Å². The van der Waals surface area contributed by atoms with Gasteiger partial charge in [-0.15, -0.1) is 0 Å². The molecule has 0 saturated carbocycles. The summed E-state index contributed by atoms with van der Waals surface area (Å²) in [4.78, 5) is 16.5. The van der Waals surface area contributed by atoms with Crippen LogP contribution in [0.5, 0.6) is 11.5 Å². The smallest absolute Gasteiger partial charge is 0.277 e. The van der Waals surface area contributed by atoms with Crippen LogP contribution in [0.3, 0.4) is 0 Å². The van der Waals surface area contributed by atoms with Crippen LogP contribution in [0.25, 0.3) is 0 Å². The molecule has 0 fully saturated rings. The molecule has 2 rings (SSSR count). The molecule has 0 saturated heterocycles. The van der Waals surface area contributed by atoms with Crippen molar-refractivity contribution in [1.29, 1.82) is 0 Å². The van der Waals surface area contributed by atoms with E-state index in [1.807, 2.05) is 0 Å². The minimum Gasteiger partial charge on any atom is -0.497 e. The average molecular weight is 333 g/mol. The Morgan fingerprint density at radius 1 is 1.25 bits per heavy atom. The molecule has 0 aliphatic carbocycles. The van der Waals surface area contributed by atoms with Crippen molar-refractivity contribution in [2.75, 3.05) is 19.5 Å². The minimum atomic E-state index is -0.392. The van der Waals surface area contributed by atoms with Crippen LogP contribution in [-0.2, 0) is 0 Å². The summed E-state index contributed by atoms with van der Waals surface area (Å²) in [6.07, 6.45) is 2.04. The van der Waals surface area contributed by atoms with Crippen molar-refractivity contribution in [3.05, 3.63) is 36.0 Å². The first-order valence-electron chi connectivity index (χ1n) is 7.68. The number of aromatic nitrogens is 1. The number of rotatable bonds is 7. The second kappa shape index (κ2) is 7.83. The average Bonchev–Trinajstić information content (AvgIpc) is 3.04. The van der Waals surface area contributed by atoms with Crippen molar-refractivity contribution in [2.45, 2.75) is 26.3 Å². The Morgan fingerprint density at radius 3 is 2.42 bits per heavy atom. The van der Waals surface area contributed by atoms with Gasteiger partial charge in [0.25, 0.3) is 5.91 Å². The first-order valence-corrected chi connectivity index (χ1v) is 7.68. The number of nitrogens with two attached hydrogens (primary N) is 1. The van der Waals surface area contributed by atoms with Crippen molar-refractivity contribution < 1.29 is 18.7 Å². The van der Waals surface area contributed by atoms with E-state index in [0.29, 0.717) is 29.0 Å². The van der Waals surface area contributed by atoms with Gasteiger partial charge < -0.3 is 24.9 Å². The fourth-order valence-corrected chi connectivity index (χ4v) is 2.25. The van der Waals surface area contributed by atoms with Gasteiger partial charge in [0.05, 0.1) is 20.3 Å². The largest absolute Gasteiger partial charge is 0.497 e. The fourth-order valence-electron chi connectivity index (χ4n) is 2.25. The Labute approximate surface area is 141 Å². The highest BCUT2D eigenvalue weighted by Gasteiger charge is 2.18. The lowest BCUT2D eigenvalue weighted by Gasteiger charge is -2.09. The number of oxazole rings is 1. The molecule has 0 bridgehead atoms. The number of hydrogen-bond donors (Lipinski definition) is 2. The molecule has 130 valence electrons. The molecule has 1 heterocycles. The molecule has 7 heteroatoms. The first-order chi connectivity index (χ1) is 11.4. The van der Waals surface area contributed by atoms with Gasteiger partial charge in [-0.3, -0.25) is 4.79 Å². The zero-order chi connectivity index (χ0) is 17.7. The number of nitrogens with one attached hydrogen (secondary N) is 1. The number of benzene rings is 1. The first kappa shape index (κ1) is 17.8. The summed E-state index contributed by atoms with van der Waals surface area (Å²) in [5.41, 5.74) is 6.72. The summed E-state index contributed by atoms with van der Waals surface area (Å²) in [6.45, 7) is 4.12. The van der Waals surface area contributed by atoms with E-state index < -0.39 is 5.91 Å². The van der Waals surface area contributed by atoms with Gasteiger partial charge in [-0.05, 0) is 12.3 Å². The number of carbonyl (C=O) groups is 1. The second-order valence-electron chi connectivity index (χ2n) is 5.86. The van der Waals surface area contributed by atoms with E-state index >= 15 is 0 Å². The Bertz CT molecular complexity index is 675. The third kappa shape index (κ3) is 4.48. The maximum Gasteiger partial charge on any atom is 0.277 e. The third-order valence-electron chi connectivity index (χ3n) is 3.41. The SMILES string of the molecule is COc1cc(NC(=O)c2coc(C(N)CC(C)C)n2)cc(OC)c1. The van der Waals surface area contributed by atoms with Crippen LogP contribution < -0.4 is 20.5 Å². The van der Waals surface area contributed by atoms with Gasteiger partial charge >= 0.3 is 0 Å². The summed E-state index contributed by atoms with van der Waals surface area (Å²) in [5.74, 6) is 1.52. The lowest BCUT2D eigenvalue weighted by atomic mass is 10.0. The van der Waals surface area contributed by atoms with Gasteiger partial charge in [0.1, 0.15) is 17.8 Å². The molecular formula is C17H23N3O4. The van der Waals surface area contributed by atoms with E-state index in [4.69, 9.17) is 19.6 Å². The Morgan fingerprint density at radius 2 is 1.88 bits per heavy atom. The fraction of sp³-hybridized carbons (Fsp3) is 0.412. The molecule has 0 spiro atoms. The topological polar surface area (TPSA) is 99.6 Å². The Hall–Kier alpha value is -2.54. The minimum absolute atomic E-state index is 0.172. The lowest BCUT2D eigenvalue weighted by Crippen LogP contribution is -2.15. The van der Waals surface area contributed by atoms with Crippen LogP contribution in [-0.4, -0.2) is 25.1 Å². The van der Waals surface area contributed by atoms with Crippen LogP contribution in [0.4, 0.5) is 5.69 Å². The predicted molar refractivity (Wildman–Crippen MR) is 90.4 cm³/mol. The zero-order valence-electron chi connectivity index (χ0n) is 14.3. The van der Waals surface area contributed by atoms with E-state index in [1.165, 1.54) is 6.26 Å². The highest BCUT2D eigenvalue weighted by Crippen LogP contribution is 2.26. The van der Waals surface area contributed by atoms with E-state index in [2.05, 4.69) is 24.1 Å². The van der Waals surface area contributed by atoms with Crippen molar-refractivity contribution in [1.82, 2.24) is 4.98 Å². The second-order valence-corrected chi connectivity index (χ2v) is 5.86. The molecule has 0 radical (unpaired) electrons. The van der Waals surface area contributed by atoms with Crippen LogP contribution in [0.15, 0.2) is 28.9 Å². The molecule has 1 aromatic heterocycles. The Kier molecular flexibility index (Phi) is 5.81. The quantitative estimate of drug-likeness (QED) is 0.808. The molecule has 1 aromatic carbocycles. The number of amides is 1. The maximum absolute atomic E-state index is 12.3. The highest BCUT2D eigenvalue weighted by molar-refractivity contribution is 6.02. The summed E-state index contributed by atoms with van der Waals surface area (Å²) < 4.78 is 15.7. The van der Waals surface area contributed by atoms with E-state index in [0.717, 1.165) is 6.42 Å². The normalized spacial score (nSPS) is 12.1. The van der Waals surface area contributed by atoms with Crippen molar-refractivity contribution in [3.8, 4) is 11.5 Å². The molecule has 3 N–H and O–H groups in total.